The van der Waals surface area contributed by atoms with E-state index in [2.05, 4.69) is 0 Å². The van der Waals surface area contributed by atoms with Gasteiger partial charge >= 0.3 is 0 Å². The summed E-state index contributed by atoms with van der Waals surface area (Å²) in [5.74, 6) is 0.0406. The molecule has 19 heavy (non-hydrogen) atoms. The van der Waals surface area contributed by atoms with Crippen LogP contribution in [0.15, 0.2) is 12.1 Å². The smallest absolute Gasteiger partial charge is 0.244 e. The SMILES string of the molecule is CCC(C#N)C(=O)N(C)c1ccc(OC)c(C)c1C. The van der Waals surface area contributed by atoms with Gasteiger partial charge in [0.1, 0.15) is 11.7 Å². The number of hydrogen-bond acceptors (Lipinski definition) is 3. The minimum Gasteiger partial charge on any atom is -0.496 e. The first kappa shape index (κ1) is 15.0. The zero-order valence-electron chi connectivity index (χ0n) is 12.2. The van der Waals surface area contributed by atoms with Crippen LogP contribution in [0.5, 0.6) is 5.75 Å². The van der Waals surface area contributed by atoms with Crippen molar-refractivity contribution in [3.8, 4) is 11.8 Å². The van der Waals surface area contributed by atoms with Gasteiger partial charge in [-0.15, -0.1) is 0 Å². The van der Waals surface area contributed by atoms with E-state index in [1.165, 1.54) is 0 Å². The fourth-order valence-electron chi connectivity index (χ4n) is 2.04. The van der Waals surface area contributed by atoms with Crippen molar-refractivity contribution in [2.45, 2.75) is 27.2 Å². The van der Waals surface area contributed by atoms with Gasteiger partial charge in [0.15, 0.2) is 0 Å². The maximum absolute atomic E-state index is 12.2. The van der Waals surface area contributed by atoms with Gasteiger partial charge in [0.05, 0.1) is 13.2 Å². The predicted molar refractivity (Wildman–Crippen MR) is 75.3 cm³/mol. The minimum atomic E-state index is -0.591. The Morgan fingerprint density at radius 2 is 2.05 bits per heavy atom. The summed E-state index contributed by atoms with van der Waals surface area (Å²) in [6.45, 7) is 5.74. The standard InChI is InChI=1S/C15H20N2O2/c1-6-12(9-16)15(18)17(4)13-7-8-14(19-5)11(3)10(13)2/h7-8,12H,6H2,1-5H3. The van der Waals surface area contributed by atoms with Crippen molar-refractivity contribution >= 4 is 11.6 Å². The second-order valence-electron chi connectivity index (χ2n) is 4.52. The molecule has 0 fully saturated rings. The van der Waals surface area contributed by atoms with Crippen LogP contribution in [0.25, 0.3) is 0 Å². The first-order valence-corrected chi connectivity index (χ1v) is 6.29. The molecule has 1 unspecified atom stereocenters. The number of amides is 1. The molecular formula is C15H20N2O2. The van der Waals surface area contributed by atoms with Gasteiger partial charge in [-0.3, -0.25) is 4.79 Å². The molecule has 1 aromatic rings. The summed E-state index contributed by atoms with van der Waals surface area (Å²) in [6, 6.07) is 5.74. The molecule has 0 bridgehead atoms. The molecule has 0 aliphatic carbocycles. The molecule has 0 heterocycles. The highest BCUT2D eigenvalue weighted by molar-refractivity contribution is 5.96. The van der Waals surface area contributed by atoms with Crippen LogP contribution in [0.4, 0.5) is 5.69 Å². The molecule has 4 nitrogen and oxygen atoms in total. The van der Waals surface area contributed by atoms with E-state index in [4.69, 9.17) is 10.00 Å². The number of rotatable bonds is 4. The maximum Gasteiger partial charge on any atom is 0.244 e. The molecule has 0 radical (unpaired) electrons. The van der Waals surface area contributed by atoms with Crippen LogP contribution in [0.2, 0.25) is 0 Å². The molecule has 1 amide bonds. The van der Waals surface area contributed by atoms with Gasteiger partial charge in [-0.05, 0) is 43.5 Å². The lowest BCUT2D eigenvalue weighted by Gasteiger charge is -2.23. The third-order valence-electron chi connectivity index (χ3n) is 3.48. The van der Waals surface area contributed by atoms with Crippen LogP contribution in [-0.4, -0.2) is 20.1 Å². The molecule has 0 saturated carbocycles. The number of carbonyl (C=O) groups excluding carboxylic acids is 1. The van der Waals surface area contributed by atoms with Crippen LogP contribution >= 0.6 is 0 Å². The summed E-state index contributed by atoms with van der Waals surface area (Å²) in [7, 11) is 3.33. The molecule has 0 aromatic heterocycles. The van der Waals surface area contributed by atoms with Crippen molar-refractivity contribution in [3.63, 3.8) is 0 Å². The Morgan fingerprint density at radius 3 is 2.53 bits per heavy atom. The Hall–Kier alpha value is -2.02. The molecule has 102 valence electrons. The topological polar surface area (TPSA) is 53.3 Å². The van der Waals surface area contributed by atoms with Gasteiger partial charge < -0.3 is 9.64 Å². The number of nitriles is 1. The van der Waals surface area contributed by atoms with Crippen LogP contribution in [-0.2, 0) is 4.79 Å². The van der Waals surface area contributed by atoms with E-state index < -0.39 is 5.92 Å². The minimum absolute atomic E-state index is 0.169. The molecule has 0 N–H and O–H groups in total. The Kier molecular flexibility index (Phi) is 4.94. The third kappa shape index (κ3) is 2.87. The second kappa shape index (κ2) is 6.24. The molecule has 0 aliphatic rings. The summed E-state index contributed by atoms with van der Waals surface area (Å²) < 4.78 is 5.26. The lowest BCUT2D eigenvalue weighted by Crippen LogP contribution is -2.32. The van der Waals surface area contributed by atoms with Crippen molar-refractivity contribution in [2.24, 2.45) is 5.92 Å². The predicted octanol–water partition coefficient (Wildman–Crippen LogP) is 2.82. The number of methoxy groups -OCH3 is 1. The number of nitrogens with zero attached hydrogens (tertiary/aromatic N) is 2. The first-order valence-electron chi connectivity index (χ1n) is 6.29. The number of benzene rings is 1. The van der Waals surface area contributed by atoms with Gasteiger partial charge in [-0.2, -0.15) is 5.26 Å². The average molecular weight is 260 g/mol. The molecule has 1 atom stereocenters. The summed E-state index contributed by atoms with van der Waals surface area (Å²) in [6.07, 6.45) is 0.522. The maximum atomic E-state index is 12.2. The lowest BCUT2D eigenvalue weighted by molar-refractivity contribution is -0.120. The second-order valence-corrected chi connectivity index (χ2v) is 4.52. The Morgan fingerprint density at radius 1 is 1.42 bits per heavy atom. The number of hydrogen-bond donors (Lipinski definition) is 0. The fourth-order valence-corrected chi connectivity index (χ4v) is 2.04. The summed E-state index contributed by atoms with van der Waals surface area (Å²) in [4.78, 5) is 13.8. The van der Waals surface area contributed by atoms with Crippen molar-refractivity contribution in [1.82, 2.24) is 0 Å². The van der Waals surface area contributed by atoms with Crippen LogP contribution in [0.3, 0.4) is 0 Å². The van der Waals surface area contributed by atoms with Gasteiger partial charge in [0.2, 0.25) is 5.91 Å². The summed E-state index contributed by atoms with van der Waals surface area (Å²) in [5.41, 5.74) is 2.81. The molecule has 1 aromatic carbocycles. The first-order chi connectivity index (χ1) is 8.97. The van der Waals surface area contributed by atoms with Crippen LogP contribution in [0.1, 0.15) is 24.5 Å². The Labute approximate surface area is 114 Å². The van der Waals surface area contributed by atoms with E-state index in [-0.39, 0.29) is 5.91 Å². The fraction of sp³-hybridized carbons (Fsp3) is 0.467. The van der Waals surface area contributed by atoms with E-state index in [0.29, 0.717) is 6.42 Å². The highest BCUT2D eigenvalue weighted by Crippen LogP contribution is 2.30. The average Bonchev–Trinajstić information content (AvgIpc) is 2.42. The molecule has 0 aliphatic heterocycles. The molecule has 0 saturated heterocycles. The number of anilines is 1. The summed E-state index contributed by atoms with van der Waals surface area (Å²) in [5, 5.41) is 8.98. The van der Waals surface area contributed by atoms with E-state index in [1.54, 1.807) is 19.1 Å². The third-order valence-corrected chi connectivity index (χ3v) is 3.48. The molecule has 0 spiro atoms. The Bertz CT molecular complexity index is 518. The van der Waals surface area contributed by atoms with Crippen LogP contribution in [0, 0.1) is 31.1 Å². The summed E-state index contributed by atoms with van der Waals surface area (Å²) >= 11 is 0. The van der Waals surface area contributed by atoms with Gasteiger partial charge in [0.25, 0.3) is 0 Å². The monoisotopic (exact) mass is 260 g/mol. The quantitative estimate of drug-likeness (QED) is 0.836. The van der Waals surface area contributed by atoms with Crippen molar-refractivity contribution in [2.75, 3.05) is 19.1 Å². The molecular weight excluding hydrogens is 240 g/mol. The van der Waals surface area contributed by atoms with E-state index in [9.17, 15) is 4.79 Å². The number of ether oxygens (including phenoxy) is 1. The molecule has 1 rings (SSSR count). The van der Waals surface area contributed by atoms with Crippen molar-refractivity contribution in [1.29, 1.82) is 5.26 Å². The van der Waals surface area contributed by atoms with Crippen molar-refractivity contribution in [3.05, 3.63) is 23.3 Å². The highest BCUT2D eigenvalue weighted by atomic mass is 16.5. The normalized spacial score (nSPS) is 11.6. The van der Waals surface area contributed by atoms with Gasteiger partial charge in [-0.1, -0.05) is 6.92 Å². The zero-order valence-corrected chi connectivity index (χ0v) is 12.2. The van der Waals surface area contributed by atoms with E-state index in [0.717, 1.165) is 22.6 Å². The zero-order chi connectivity index (χ0) is 14.6. The number of carbonyl (C=O) groups is 1. The van der Waals surface area contributed by atoms with E-state index >= 15 is 0 Å². The Balaban J connectivity index is 3.14. The van der Waals surface area contributed by atoms with Crippen molar-refractivity contribution < 1.29 is 9.53 Å². The molecule has 4 heteroatoms. The highest BCUT2D eigenvalue weighted by Gasteiger charge is 2.22. The largest absolute Gasteiger partial charge is 0.496 e. The van der Waals surface area contributed by atoms with Crippen LogP contribution < -0.4 is 9.64 Å². The van der Waals surface area contributed by atoms with E-state index in [1.807, 2.05) is 39.0 Å². The lowest BCUT2D eigenvalue weighted by atomic mass is 10.0. The van der Waals surface area contributed by atoms with Gasteiger partial charge in [0, 0.05) is 12.7 Å². The van der Waals surface area contributed by atoms with Gasteiger partial charge in [-0.25, -0.2) is 0 Å².